The van der Waals surface area contributed by atoms with Gasteiger partial charge in [-0.3, -0.25) is 5.21 Å². The van der Waals surface area contributed by atoms with Gasteiger partial charge in [-0.1, -0.05) is 54.3 Å². The molecule has 3 rings (SSSR count). The van der Waals surface area contributed by atoms with Gasteiger partial charge in [-0.25, -0.2) is 4.79 Å². The van der Waals surface area contributed by atoms with Crippen molar-refractivity contribution < 1.29 is 10.0 Å². The maximum atomic E-state index is 10.7. The van der Waals surface area contributed by atoms with Crippen molar-refractivity contribution in [1.29, 1.82) is 0 Å². The molecule has 126 valence electrons. The Morgan fingerprint density at radius 1 is 1.04 bits per heavy atom. The van der Waals surface area contributed by atoms with Gasteiger partial charge in [0.1, 0.15) is 6.54 Å². The largest absolute Gasteiger partial charge is 0.350 e. The first-order chi connectivity index (χ1) is 12.1. The number of hydrogen-bond acceptors (Lipinski definition) is 3. The second-order valence-corrected chi connectivity index (χ2v) is 6.91. The fourth-order valence-corrected chi connectivity index (χ4v) is 3.51. The van der Waals surface area contributed by atoms with Gasteiger partial charge >= 0.3 is 6.03 Å². The minimum Gasteiger partial charge on any atom is -0.350 e. The first-order valence-corrected chi connectivity index (χ1v) is 8.70. The van der Waals surface area contributed by atoms with Crippen molar-refractivity contribution in [3.63, 3.8) is 0 Å². The molecule has 25 heavy (non-hydrogen) atoms. The topological polar surface area (TPSA) is 66.6 Å². The molecule has 0 saturated carbocycles. The van der Waals surface area contributed by atoms with E-state index in [-0.39, 0.29) is 6.54 Å². The molecule has 0 aliphatic carbocycles. The summed E-state index contributed by atoms with van der Waals surface area (Å²) < 4.78 is 0. The molecule has 0 unspecified atom stereocenters. The second-order valence-electron chi connectivity index (χ2n) is 5.65. The smallest absolute Gasteiger partial charge is 0.339 e. The van der Waals surface area contributed by atoms with Crippen LogP contribution in [0.2, 0.25) is 0 Å². The molecule has 5 heteroatoms. The highest BCUT2D eigenvalue weighted by atomic mass is 32.1. The zero-order chi connectivity index (χ0) is 17.6. The SMILES string of the molecule is NC(=O)N(O)CC#CCc1ccc(Cc2ccc3ccccc3c2)s1. The van der Waals surface area contributed by atoms with Crippen LogP contribution in [0, 0.1) is 11.8 Å². The van der Waals surface area contributed by atoms with Gasteiger partial charge in [-0.2, -0.15) is 5.06 Å². The van der Waals surface area contributed by atoms with Crippen molar-refractivity contribution in [2.24, 2.45) is 5.73 Å². The lowest BCUT2D eigenvalue weighted by atomic mass is 10.0. The molecule has 0 aliphatic rings. The summed E-state index contributed by atoms with van der Waals surface area (Å²) in [7, 11) is 0. The summed E-state index contributed by atoms with van der Waals surface area (Å²) in [6.45, 7) is -0.0787. The van der Waals surface area contributed by atoms with Crippen LogP contribution in [0.4, 0.5) is 4.79 Å². The lowest BCUT2D eigenvalue weighted by Crippen LogP contribution is -2.32. The van der Waals surface area contributed by atoms with Crippen LogP contribution in [-0.4, -0.2) is 22.8 Å². The van der Waals surface area contributed by atoms with Crippen LogP contribution in [0.3, 0.4) is 0 Å². The summed E-state index contributed by atoms with van der Waals surface area (Å²) in [5.74, 6) is 5.67. The van der Waals surface area contributed by atoms with Crippen LogP contribution in [0.5, 0.6) is 0 Å². The van der Waals surface area contributed by atoms with Crippen LogP contribution >= 0.6 is 11.3 Å². The fourth-order valence-electron chi connectivity index (χ4n) is 2.52. The lowest BCUT2D eigenvalue weighted by Gasteiger charge is -2.05. The van der Waals surface area contributed by atoms with E-state index >= 15 is 0 Å². The number of thiophene rings is 1. The highest BCUT2D eigenvalue weighted by Crippen LogP contribution is 2.22. The lowest BCUT2D eigenvalue weighted by molar-refractivity contribution is -0.0269. The van der Waals surface area contributed by atoms with Crippen LogP contribution < -0.4 is 5.73 Å². The summed E-state index contributed by atoms with van der Waals surface area (Å²) in [5, 5.41) is 12.0. The molecule has 0 atom stereocenters. The van der Waals surface area contributed by atoms with Crippen molar-refractivity contribution in [3.8, 4) is 11.8 Å². The van der Waals surface area contributed by atoms with E-state index in [4.69, 9.17) is 10.9 Å². The molecular weight excluding hydrogens is 332 g/mol. The van der Waals surface area contributed by atoms with E-state index in [2.05, 4.69) is 60.4 Å². The van der Waals surface area contributed by atoms with E-state index in [0.29, 0.717) is 11.5 Å². The molecule has 1 heterocycles. The molecule has 0 spiro atoms. The summed E-state index contributed by atoms with van der Waals surface area (Å²) in [6.07, 6.45) is 1.49. The molecule has 0 bridgehead atoms. The third-order valence-electron chi connectivity index (χ3n) is 3.78. The number of fused-ring (bicyclic) bond motifs is 1. The fraction of sp³-hybridized carbons (Fsp3) is 0.150. The minimum absolute atomic E-state index is 0.0787. The Bertz CT molecular complexity index is 953. The van der Waals surface area contributed by atoms with E-state index in [1.54, 1.807) is 11.3 Å². The molecule has 0 aliphatic heterocycles. The quantitative estimate of drug-likeness (QED) is 0.427. The van der Waals surface area contributed by atoms with Gasteiger partial charge in [0.15, 0.2) is 0 Å². The molecule has 0 radical (unpaired) electrons. The maximum absolute atomic E-state index is 10.7. The summed E-state index contributed by atoms with van der Waals surface area (Å²) in [5.41, 5.74) is 6.20. The van der Waals surface area contributed by atoms with Gasteiger partial charge < -0.3 is 5.73 Å². The third kappa shape index (κ3) is 4.60. The standard InChI is InChI=1S/C20H18N2O2S/c21-20(23)22(24)12-4-3-7-18-10-11-19(25-18)14-15-8-9-16-5-1-2-6-17(16)13-15/h1-2,5-6,8-11,13,24H,7,12,14H2,(H2,21,23). The molecule has 3 aromatic rings. The predicted octanol–water partition coefficient (Wildman–Crippen LogP) is 3.81. The Morgan fingerprint density at radius 2 is 1.80 bits per heavy atom. The number of carbonyl (C=O) groups is 1. The number of hydrogen-bond donors (Lipinski definition) is 2. The number of carbonyl (C=O) groups excluding carboxylic acids is 1. The van der Waals surface area contributed by atoms with E-state index < -0.39 is 6.03 Å². The van der Waals surface area contributed by atoms with Gasteiger partial charge in [0.25, 0.3) is 0 Å². The molecule has 0 fully saturated rings. The zero-order valence-electron chi connectivity index (χ0n) is 13.6. The molecule has 2 aromatic carbocycles. The monoisotopic (exact) mass is 350 g/mol. The molecule has 1 aromatic heterocycles. The minimum atomic E-state index is -0.900. The van der Waals surface area contributed by atoms with Gasteiger partial charge in [-0.15, -0.1) is 11.3 Å². The van der Waals surface area contributed by atoms with Crippen molar-refractivity contribution in [1.82, 2.24) is 5.06 Å². The van der Waals surface area contributed by atoms with E-state index in [1.807, 2.05) is 6.07 Å². The van der Waals surface area contributed by atoms with Crippen LogP contribution in [0.25, 0.3) is 10.8 Å². The van der Waals surface area contributed by atoms with Crippen LogP contribution in [-0.2, 0) is 12.8 Å². The van der Waals surface area contributed by atoms with E-state index in [1.165, 1.54) is 21.2 Å². The number of urea groups is 1. The van der Waals surface area contributed by atoms with Crippen molar-refractivity contribution in [3.05, 3.63) is 69.9 Å². The normalized spacial score (nSPS) is 10.3. The predicted molar refractivity (Wildman–Crippen MR) is 101 cm³/mol. The Balaban J connectivity index is 1.61. The summed E-state index contributed by atoms with van der Waals surface area (Å²) in [4.78, 5) is 13.1. The Kier molecular flexibility index (Phi) is 5.34. The van der Waals surface area contributed by atoms with Gasteiger partial charge in [0.05, 0.1) is 0 Å². The van der Waals surface area contributed by atoms with Crippen LogP contribution in [0.1, 0.15) is 15.3 Å². The van der Waals surface area contributed by atoms with Crippen molar-refractivity contribution in [2.75, 3.05) is 6.54 Å². The summed E-state index contributed by atoms with van der Waals surface area (Å²) in [6, 6.07) is 18.2. The Morgan fingerprint density at radius 3 is 2.60 bits per heavy atom. The Hall–Kier alpha value is -2.81. The molecule has 3 N–H and O–H groups in total. The third-order valence-corrected chi connectivity index (χ3v) is 4.87. The first-order valence-electron chi connectivity index (χ1n) is 7.88. The molecule has 2 amide bonds. The highest BCUT2D eigenvalue weighted by Gasteiger charge is 2.03. The van der Waals surface area contributed by atoms with E-state index in [9.17, 15) is 4.79 Å². The van der Waals surface area contributed by atoms with Gasteiger partial charge in [-0.05, 0) is 28.5 Å². The average Bonchev–Trinajstić information content (AvgIpc) is 3.05. The van der Waals surface area contributed by atoms with Crippen molar-refractivity contribution in [2.45, 2.75) is 12.8 Å². The second kappa shape index (κ2) is 7.84. The first kappa shape index (κ1) is 17.0. The van der Waals surface area contributed by atoms with Gasteiger partial charge in [0.2, 0.25) is 0 Å². The number of benzene rings is 2. The zero-order valence-corrected chi connectivity index (χ0v) is 14.4. The average molecular weight is 350 g/mol. The summed E-state index contributed by atoms with van der Waals surface area (Å²) >= 11 is 1.73. The number of hydroxylamine groups is 2. The highest BCUT2D eigenvalue weighted by molar-refractivity contribution is 7.12. The number of nitrogens with two attached hydrogens (primary N) is 1. The number of primary amides is 1. The van der Waals surface area contributed by atoms with Gasteiger partial charge in [0, 0.05) is 22.6 Å². The molecule has 4 nitrogen and oxygen atoms in total. The Labute approximate surface area is 150 Å². The number of rotatable bonds is 4. The maximum Gasteiger partial charge on any atom is 0.339 e. The number of amides is 2. The molecular formula is C20H18N2O2S. The van der Waals surface area contributed by atoms with E-state index in [0.717, 1.165) is 11.3 Å². The van der Waals surface area contributed by atoms with Crippen LogP contribution in [0.15, 0.2) is 54.6 Å². The molecule has 0 saturated heterocycles. The number of nitrogens with zero attached hydrogens (tertiary/aromatic N) is 1. The van der Waals surface area contributed by atoms with Crippen molar-refractivity contribution >= 4 is 28.1 Å².